The van der Waals surface area contributed by atoms with Crippen molar-refractivity contribution < 1.29 is 17.2 Å². The lowest BCUT2D eigenvalue weighted by Gasteiger charge is -1.95. The maximum atomic E-state index is 12.3. The van der Waals surface area contributed by atoms with E-state index in [0.717, 1.165) is 6.26 Å². The number of rotatable bonds is 1. The lowest BCUT2D eigenvalue weighted by Crippen LogP contribution is -2.06. The molecule has 0 aliphatic rings. The minimum Gasteiger partial charge on any atom is -0.221 e. The summed E-state index contributed by atoms with van der Waals surface area (Å²) in [5.74, 6) is -2.41. The first kappa shape index (κ1) is 8.98. The van der Waals surface area contributed by atoms with Gasteiger partial charge in [0, 0.05) is 12.3 Å². The largest absolute Gasteiger partial charge is 0.252 e. The van der Waals surface area contributed by atoms with Gasteiger partial charge in [0.2, 0.25) is 21.7 Å². The second-order valence-corrected chi connectivity index (χ2v) is 3.98. The molecule has 1 heterocycles. The number of aromatic nitrogens is 2. The molecule has 0 atom stereocenters. The molecule has 1 aromatic rings. The second kappa shape index (κ2) is 2.74. The van der Waals surface area contributed by atoms with Gasteiger partial charge >= 0.3 is 0 Å². The first-order valence-corrected chi connectivity index (χ1v) is 4.69. The van der Waals surface area contributed by atoms with Crippen LogP contribution in [0.25, 0.3) is 0 Å². The molecule has 0 unspecified atom stereocenters. The molecule has 0 radical (unpaired) electrons. The van der Waals surface area contributed by atoms with E-state index >= 15 is 0 Å². The van der Waals surface area contributed by atoms with Crippen LogP contribution in [0, 0.1) is 11.9 Å². The molecule has 0 bridgehead atoms. The molecule has 1 aromatic heterocycles. The Morgan fingerprint density at radius 2 is 1.67 bits per heavy atom. The Morgan fingerprint density at radius 3 is 2.00 bits per heavy atom. The molecule has 0 amide bonds. The van der Waals surface area contributed by atoms with E-state index in [4.69, 9.17) is 0 Å². The van der Waals surface area contributed by atoms with Gasteiger partial charge in [0.25, 0.3) is 5.16 Å². The highest BCUT2D eigenvalue weighted by Gasteiger charge is 2.13. The number of hydrogen-bond donors (Lipinski definition) is 0. The van der Waals surface area contributed by atoms with Gasteiger partial charge in [-0.2, -0.15) is 18.7 Å². The van der Waals surface area contributed by atoms with E-state index in [2.05, 4.69) is 9.97 Å². The van der Waals surface area contributed by atoms with Gasteiger partial charge in [0.05, 0.1) is 0 Å². The number of sulfone groups is 1. The summed E-state index contributed by atoms with van der Waals surface area (Å²) in [6.07, 6.45) is 0.765. The Bertz CT molecular complexity index is 384. The monoisotopic (exact) mass is 194 g/mol. The summed E-state index contributed by atoms with van der Waals surface area (Å²) in [5.41, 5.74) is 0. The quantitative estimate of drug-likeness (QED) is 0.472. The molecular weight excluding hydrogens is 190 g/mol. The van der Waals surface area contributed by atoms with Crippen LogP contribution >= 0.6 is 0 Å². The van der Waals surface area contributed by atoms with Gasteiger partial charge in [-0.1, -0.05) is 0 Å². The molecule has 0 saturated carbocycles. The SMILES string of the molecule is CS(=O)(=O)c1nc(F)cc(F)n1. The molecule has 0 aliphatic heterocycles. The highest BCUT2D eigenvalue weighted by atomic mass is 32.2. The van der Waals surface area contributed by atoms with E-state index in [0.29, 0.717) is 6.07 Å². The minimum absolute atomic E-state index is 0.397. The summed E-state index contributed by atoms with van der Waals surface area (Å²) in [7, 11) is -3.75. The molecular formula is C5H4F2N2O2S. The van der Waals surface area contributed by atoms with Crippen molar-refractivity contribution in [1.29, 1.82) is 0 Å². The van der Waals surface area contributed by atoms with E-state index in [1.54, 1.807) is 0 Å². The zero-order valence-corrected chi connectivity index (χ0v) is 6.77. The van der Waals surface area contributed by atoms with Crippen molar-refractivity contribution in [3.05, 3.63) is 18.0 Å². The minimum atomic E-state index is -3.75. The summed E-state index contributed by atoms with van der Waals surface area (Å²) < 4.78 is 46.0. The molecule has 0 saturated heterocycles. The third-order valence-electron chi connectivity index (χ3n) is 0.975. The second-order valence-electron chi connectivity index (χ2n) is 2.07. The Kier molecular flexibility index (Phi) is 2.05. The van der Waals surface area contributed by atoms with Gasteiger partial charge in [0.1, 0.15) is 0 Å². The Labute approximate surface area is 67.2 Å². The number of hydrogen-bond acceptors (Lipinski definition) is 4. The van der Waals surface area contributed by atoms with Gasteiger partial charge in [-0.05, 0) is 0 Å². The molecule has 1 rings (SSSR count). The average molecular weight is 194 g/mol. The van der Waals surface area contributed by atoms with Crippen LogP contribution in [0.5, 0.6) is 0 Å². The highest BCUT2D eigenvalue weighted by molar-refractivity contribution is 7.90. The van der Waals surface area contributed by atoms with Crippen molar-refractivity contribution in [3.8, 4) is 0 Å². The summed E-state index contributed by atoms with van der Waals surface area (Å²) in [6.45, 7) is 0. The molecule has 66 valence electrons. The fraction of sp³-hybridized carbons (Fsp3) is 0.200. The van der Waals surface area contributed by atoms with E-state index in [1.165, 1.54) is 0 Å². The van der Waals surface area contributed by atoms with Crippen molar-refractivity contribution >= 4 is 9.84 Å². The maximum absolute atomic E-state index is 12.3. The van der Waals surface area contributed by atoms with Crippen LogP contribution in [0.1, 0.15) is 0 Å². The van der Waals surface area contributed by atoms with E-state index < -0.39 is 26.9 Å². The smallest absolute Gasteiger partial charge is 0.221 e. The predicted octanol–water partition coefficient (Wildman–Crippen LogP) is 0.158. The molecule has 0 fully saturated rings. The van der Waals surface area contributed by atoms with Crippen LogP contribution in [-0.4, -0.2) is 24.6 Å². The Hall–Kier alpha value is -1.11. The first-order valence-electron chi connectivity index (χ1n) is 2.80. The van der Waals surface area contributed by atoms with Crippen molar-refractivity contribution in [2.24, 2.45) is 0 Å². The summed E-state index contributed by atoms with van der Waals surface area (Å²) in [6, 6.07) is 0.397. The predicted molar refractivity (Wildman–Crippen MR) is 35.1 cm³/mol. The molecule has 0 aliphatic carbocycles. The van der Waals surface area contributed by atoms with Crippen molar-refractivity contribution in [2.45, 2.75) is 5.16 Å². The maximum Gasteiger partial charge on any atom is 0.252 e. The topological polar surface area (TPSA) is 59.9 Å². The van der Waals surface area contributed by atoms with Crippen molar-refractivity contribution in [2.75, 3.05) is 6.26 Å². The van der Waals surface area contributed by atoms with E-state index in [-0.39, 0.29) is 0 Å². The first-order chi connectivity index (χ1) is 5.39. The van der Waals surface area contributed by atoms with Crippen LogP contribution in [0.15, 0.2) is 11.2 Å². The molecule has 12 heavy (non-hydrogen) atoms. The van der Waals surface area contributed by atoms with Crippen LogP contribution in [-0.2, 0) is 9.84 Å². The number of halogens is 2. The zero-order valence-electron chi connectivity index (χ0n) is 5.95. The van der Waals surface area contributed by atoms with Gasteiger partial charge in [-0.15, -0.1) is 0 Å². The lowest BCUT2D eigenvalue weighted by atomic mass is 10.6. The van der Waals surface area contributed by atoms with Gasteiger partial charge < -0.3 is 0 Å². The van der Waals surface area contributed by atoms with Crippen LogP contribution in [0.2, 0.25) is 0 Å². The summed E-state index contributed by atoms with van der Waals surface area (Å²) >= 11 is 0. The fourth-order valence-corrected chi connectivity index (χ4v) is 1.04. The highest BCUT2D eigenvalue weighted by Crippen LogP contribution is 2.03. The van der Waals surface area contributed by atoms with Gasteiger partial charge in [0.15, 0.2) is 0 Å². The third kappa shape index (κ3) is 1.94. The zero-order chi connectivity index (χ0) is 9.35. The van der Waals surface area contributed by atoms with Crippen molar-refractivity contribution in [1.82, 2.24) is 9.97 Å². The molecule has 0 spiro atoms. The third-order valence-corrected chi connectivity index (χ3v) is 1.82. The standard InChI is InChI=1S/C5H4F2N2O2S/c1-12(10,11)5-8-3(6)2-4(7)9-5/h2H,1H3. The fourth-order valence-electron chi connectivity index (χ4n) is 0.536. The van der Waals surface area contributed by atoms with Crippen LogP contribution in [0.3, 0.4) is 0 Å². The van der Waals surface area contributed by atoms with Crippen molar-refractivity contribution in [3.63, 3.8) is 0 Å². The molecule has 4 nitrogen and oxygen atoms in total. The lowest BCUT2D eigenvalue weighted by molar-refractivity contribution is 0.492. The summed E-state index contributed by atoms with van der Waals surface area (Å²) in [4.78, 5) is 5.80. The van der Waals surface area contributed by atoms with Crippen LogP contribution in [0.4, 0.5) is 8.78 Å². The number of nitrogens with zero attached hydrogens (tertiary/aromatic N) is 2. The molecule has 0 N–H and O–H groups in total. The van der Waals surface area contributed by atoms with Gasteiger partial charge in [-0.25, -0.2) is 8.42 Å². The van der Waals surface area contributed by atoms with Crippen LogP contribution < -0.4 is 0 Å². The molecule has 7 heteroatoms. The summed E-state index contributed by atoms with van der Waals surface area (Å²) in [5, 5.41) is -0.847. The average Bonchev–Trinajstić information content (AvgIpc) is 1.82. The van der Waals surface area contributed by atoms with E-state index in [1.807, 2.05) is 0 Å². The normalized spacial score (nSPS) is 11.6. The van der Waals surface area contributed by atoms with Gasteiger partial charge in [-0.3, -0.25) is 0 Å². The Morgan fingerprint density at radius 1 is 1.25 bits per heavy atom. The van der Waals surface area contributed by atoms with E-state index in [9.17, 15) is 17.2 Å². The molecule has 0 aromatic carbocycles. The Balaban J connectivity index is 3.37.